The van der Waals surface area contributed by atoms with Crippen LogP contribution in [0.15, 0.2) is 212 Å². The maximum atomic E-state index is 5.23. The van der Waals surface area contributed by atoms with E-state index in [0.29, 0.717) is 17.5 Å². The van der Waals surface area contributed by atoms with Gasteiger partial charge in [-0.3, -0.25) is 0 Å². The summed E-state index contributed by atoms with van der Waals surface area (Å²) in [6, 6.07) is 74.0. The molecule has 9 rings (SSSR count). The summed E-state index contributed by atoms with van der Waals surface area (Å²) >= 11 is 0. The van der Waals surface area contributed by atoms with Crippen molar-refractivity contribution < 1.29 is 0 Å². The van der Waals surface area contributed by atoms with E-state index in [9.17, 15) is 0 Å². The highest BCUT2D eigenvalue weighted by Crippen LogP contribution is 2.37. The van der Waals surface area contributed by atoms with Crippen LogP contribution in [0, 0.1) is 0 Å². The molecule has 3 nitrogen and oxygen atoms in total. The molecule has 0 atom stereocenters. The van der Waals surface area contributed by atoms with E-state index in [4.69, 9.17) is 15.0 Å². The molecule has 0 aliphatic carbocycles. The quantitative estimate of drug-likeness (QED) is 0.159. The van der Waals surface area contributed by atoms with Gasteiger partial charge in [0.05, 0.1) is 0 Å². The molecule has 0 aliphatic heterocycles. The molecule has 1 heterocycles. The average Bonchev–Trinajstić information content (AvgIpc) is 3.27. The second kappa shape index (κ2) is 14.8. The van der Waals surface area contributed by atoms with E-state index in [-0.39, 0.29) is 0 Å². The van der Waals surface area contributed by atoms with E-state index >= 15 is 0 Å². The van der Waals surface area contributed by atoms with Gasteiger partial charge in [-0.1, -0.05) is 206 Å². The zero-order valence-corrected chi connectivity index (χ0v) is 29.5. The van der Waals surface area contributed by atoms with Crippen LogP contribution >= 0.6 is 0 Å². The highest BCUT2D eigenvalue weighted by Gasteiger charge is 2.18. The Balaban J connectivity index is 1.19. The number of benzene rings is 8. The lowest BCUT2D eigenvalue weighted by atomic mass is 9.92. The molecule has 0 saturated heterocycles. The molecule has 0 unspecified atom stereocenters. The van der Waals surface area contributed by atoms with Crippen molar-refractivity contribution in [3.63, 3.8) is 0 Å². The van der Waals surface area contributed by atoms with Crippen molar-refractivity contribution in [2.75, 3.05) is 0 Å². The minimum atomic E-state index is 0.619. The van der Waals surface area contributed by atoms with Crippen LogP contribution in [0.2, 0.25) is 0 Å². The van der Waals surface area contributed by atoms with Crippen molar-refractivity contribution >= 4 is 0 Å². The third kappa shape index (κ3) is 6.74. The SMILES string of the molecule is c1ccc(-c2ccc(-c3nc(-c4ccc(-c5ccccc5)c(-c5ccccc5)c4)nc(-c4ccccc4-c4ccc(-c5ccccc5)cc4)n3)cc2)cc1. The second-order valence-electron chi connectivity index (χ2n) is 13.2. The van der Waals surface area contributed by atoms with Crippen LogP contribution in [-0.4, -0.2) is 15.0 Å². The predicted octanol–water partition coefficient (Wildman–Crippen LogP) is 13.2. The van der Waals surface area contributed by atoms with Gasteiger partial charge in [-0.15, -0.1) is 0 Å². The summed E-state index contributed by atoms with van der Waals surface area (Å²) in [5.74, 6) is 1.86. The Morgan fingerprint density at radius 2 is 0.500 bits per heavy atom. The van der Waals surface area contributed by atoms with Crippen LogP contribution in [0.1, 0.15) is 0 Å². The highest BCUT2D eigenvalue weighted by atomic mass is 15.0. The van der Waals surface area contributed by atoms with Crippen molar-refractivity contribution in [1.82, 2.24) is 15.0 Å². The molecule has 0 aliphatic rings. The molecule has 3 heteroatoms. The predicted molar refractivity (Wildman–Crippen MR) is 223 cm³/mol. The van der Waals surface area contributed by atoms with Gasteiger partial charge in [-0.05, 0) is 61.7 Å². The van der Waals surface area contributed by atoms with Crippen molar-refractivity contribution in [3.8, 4) is 89.8 Å². The first kappa shape index (κ1) is 32.7. The molecule has 0 spiro atoms. The fraction of sp³-hybridized carbons (Fsp3) is 0. The van der Waals surface area contributed by atoms with E-state index in [1.165, 1.54) is 16.7 Å². The van der Waals surface area contributed by atoms with Crippen molar-refractivity contribution in [2.45, 2.75) is 0 Å². The molecule has 54 heavy (non-hydrogen) atoms. The second-order valence-corrected chi connectivity index (χ2v) is 13.2. The van der Waals surface area contributed by atoms with Gasteiger partial charge in [-0.25, -0.2) is 15.0 Å². The molecule has 0 bridgehead atoms. The van der Waals surface area contributed by atoms with Crippen LogP contribution < -0.4 is 0 Å². The fourth-order valence-electron chi connectivity index (χ4n) is 7.01. The molecule has 0 N–H and O–H groups in total. The van der Waals surface area contributed by atoms with Gasteiger partial charge >= 0.3 is 0 Å². The van der Waals surface area contributed by atoms with Gasteiger partial charge in [-0.2, -0.15) is 0 Å². The van der Waals surface area contributed by atoms with Crippen LogP contribution in [0.5, 0.6) is 0 Å². The first-order valence-corrected chi connectivity index (χ1v) is 18.2. The molecule has 8 aromatic carbocycles. The smallest absolute Gasteiger partial charge is 0.164 e. The first-order valence-electron chi connectivity index (χ1n) is 18.2. The standard InChI is InChI=1S/C51H35N3/c1-5-15-36(16-6-1)38-25-29-42(30-26-38)45-23-13-14-24-47(45)51-53-49(43-31-27-39(28-32-43)37-17-7-2-8-18-37)52-50(54-51)44-33-34-46(40-19-9-3-10-20-40)48(35-44)41-21-11-4-12-22-41/h1-35H. The number of aromatic nitrogens is 3. The van der Waals surface area contributed by atoms with E-state index in [2.05, 4.69) is 200 Å². The molecule has 0 fully saturated rings. The van der Waals surface area contributed by atoms with Gasteiger partial charge in [0.15, 0.2) is 17.5 Å². The van der Waals surface area contributed by atoms with E-state index in [0.717, 1.165) is 55.6 Å². The van der Waals surface area contributed by atoms with Crippen molar-refractivity contribution in [3.05, 3.63) is 212 Å². The summed E-state index contributed by atoms with van der Waals surface area (Å²) in [7, 11) is 0. The zero-order chi connectivity index (χ0) is 36.1. The van der Waals surface area contributed by atoms with Gasteiger partial charge in [0.25, 0.3) is 0 Å². The largest absolute Gasteiger partial charge is 0.208 e. The monoisotopic (exact) mass is 689 g/mol. The van der Waals surface area contributed by atoms with E-state index in [1.54, 1.807) is 0 Å². The third-order valence-electron chi connectivity index (χ3n) is 9.80. The maximum Gasteiger partial charge on any atom is 0.164 e. The molecular weight excluding hydrogens is 655 g/mol. The Hall–Kier alpha value is -7.23. The number of hydrogen-bond acceptors (Lipinski definition) is 3. The van der Waals surface area contributed by atoms with Gasteiger partial charge in [0.2, 0.25) is 0 Å². The van der Waals surface area contributed by atoms with Crippen LogP contribution in [0.4, 0.5) is 0 Å². The summed E-state index contributed by atoms with van der Waals surface area (Å²) in [6.07, 6.45) is 0. The minimum Gasteiger partial charge on any atom is -0.208 e. The van der Waals surface area contributed by atoms with Gasteiger partial charge < -0.3 is 0 Å². The molecule has 9 aromatic rings. The summed E-state index contributed by atoms with van der Waals surface area (Å²) in [6.45, 7) is 0. The van der Waals surface area contributed by atoms with Crippen molar-refractivity contribution in [2.24, 2.45) is 0 Å². The fourth-order valence-corrected chi connectivity index (χ4v) is 7.01. The number of nitrogens with zero attached hydrogens (tertiary/aromatic N) is 3. The lowest BCUT2D eigenvalue weighted by Crippen LogP contribution is -2.01. The number of hydrogen-bond donors (Lipinski definition) is 0. The molecule has 1 aromatic heterocycles. The Bertz CT molecular complexity index is 2660. The molecule has 254 valence electrons. The van der Waals surface area contributed by atoms with Gasteiger partial charge in [0.1, 0.15) is 0 Å². The first-order chi connectivity index (χ1) is 26.8. The minimum absolute atomic E-state index is 0.619. The Labute approximate surface area is 316 Å². The molecule has 0 radical (unpaired) electrons. The summed E-state index contributed by atoms with van der Waals surface area (Å²) in [5.41, 5.74) is 14.2. The van der Waals surface area contributed by atoms with E-state index < -0.39 is 0 Å². The van der Waals surface area contributed by atoms with Gasteiger partial charge in [0, 0.05) is 16.7 Å². The topological polar surface area (TPSA) is 38.7 Å². The zero-order valence-electron chi connectivity index (χ0n) is 29.5. The molecule has 0 saturated carbocycles. The summed E-state index contributed by atoms with van der Waals surface area (Å²) in [5, 5.41) is 0. The lowest BCUT2D eigenvalue weighted by molar-refractivity contribution is 1.07. The van der Waals surface area contributed by atoms with Crippen LogP contribution in [-0.2, 0) is 0 Å². The van der Waals surface area contributed by atoms with E-state index in [1.807, 2.05) is 12.1 Å². The Morgan fingerprint density at radius 1 is 0.185 bits per heavy atom. The Kier molecular flexibility index (Phi) is 8.94. The summed E-state index contributed by atoms with van der Waals surface area (Å²) in [4.78, 5) is 15.6. The normalized spacial score (nSPS) is 11.0. The average molecular weight is 690 g/mol. The van der Waals surface area contributed by atoms with Crippen LogP contribution in [0.25, 0.3) is 89.8 Å². The number of rotatable bonds is 8. The highest BCUT2D eigenvalue weighted by molar-refractivity contribution is 5.87. The summed E-state index contributed by atoms with van der Waals surface area (Å²) < 4.78 is 0. The lowest BCUT2D eigenvalue weighted by Gasteiger charge is -2.15. The van der Waals surface area contributed by atoms with Crippen molar-refractivity contribution in [1.29, 1.82) is 0 Å². The molecule has 0 amide bonds. The maximum absolute atomic E-state index is 5.23. The molecular formula is C51H35N3. The third-order valence-corrected chi connectivity index (χ3v) is 9.80. The van der Waals surface area contributed by atoms with Crippen LogP contribution in [0.3, 0.4) is 0 Å². The Morgan fingerprint density at radius 3 is 1.04 bits per heavy atom.